The lowest BCUT2D eigenvalue weighted by molar-refractivity contribution is -0.140. The fourth-order valence-corrected chi connectivity index (χ4v) is 2.90. The summed E-state index contributed by atoms with van der Waals surface area (Å²) in [6.07, 6.45) is 3.05. The van der Waals surface area contributed by atoms with Crippen LogP contribution in [0.25, 0.3) is 5.69 Å². The minimum atomic E-state index is -0.640. The first-order valence-corrected chi connectivity index (χ1v) is 8.43. The predicted octanol–water partition coefficient (Wildman–Crippen LogP) is 2.67. The number of carbonyl (C=O) groups is 1. The van der Waals surface area contributed by atoms with Crippen LogP contribution in [-0.2, 0) is 11.3 Å². The summed E-state index contributed by atoms with van der Waals surface area (Å²) < 4.78 is 13.2. The fraction of sp³-hybridized carbons (Fsp3) is 0.200. The normalized spacial score (nSPS) is 15.5. The highest BCUT2D eigenvalue weighted by molar-refractivity contribution is 5.81. The molecule has 1 aliphatic rings. The van der Waals surface area contributed by atoms with E-state index in [1.165, 1.54) is 0 Å². The van der Waals surface area contributed by atoms with Crippen molar-refractivity contribution < 1.29 is 14.3 Å². The molecule has 0 fully saturated rings. The smallest absolute Gasteiger partial charge is 0.267 e. The van der Waals surface area contributed by atoms with Crippen LogP contribution in [0.1, 0.15) is 5.56 Å². The van der Waals surface area contributed by atoms with Crippen molar-refractivity contribution in [1.82, 2.24) is 14.7 Å². The first-order valence-electron chi connectivity index (χ1n) is 8.43. The van der Waals surface area contributed by atoms with Gasteiger partial charge in [-0.2, -0.15) is 5.10 Å². The van der Waals surface area contributed by atoms with Gasteiger partial charge in [-0.25, -0.2) is 4.68 Å². The van der Waals surface area contributed by atoms with Gasteiger partial charge in [0.05, 0.1) is 11.9 Å². The van der Waals surface area contributed by atoms with Gasteiger partial charge in [0.15, 0.2) is 11.5 Å². The molecule has 0 unspecified atom stereocenters. The van der Waals surface area contributed by atoms with Gasteiger partial charge in [0, 0.05) is 25.4 Å². The number of hydrogen-bond acceptors (Lipinski definition) is 4. The van der Waals surface area contributed by atoms with E-state index in [-0.39, 0.29) is 12.5 Å². The average Bonchev–Trinajstić information content (AvgIpc) is 3.16. The molecule has 0 saturated heterocycles. The van der Waals surface area contributed by atoms with Crippen LogP contribution in [0.3, 0.4) is 0 Å². The van der Waals surface area contributed by atoms with Crippen LogP contribution in [0.2, 0.25) is 0 Å². The van der Waals surface area contributed by atoms with Gasteiger partial charge in [-0.05, 0) is 24.3 Å². The molecule has 0 radical (unpaired) electrons. The zero-order valence-corrected chi connectivity index (χ0v) is 14.4. The van der Waals surface area contributed by atoms with E-state index in [0.717, 1.165) is 11.3 Å². The van der Waals surface area contributed by atoms with Gasteiger partial charge in [0.1, 0.15) is 6.61 Å². The number of fused-ring (bicyclic) bond motifs is 1. The molecule has 3 aromatic rings. The van der Waals surface area contributed by atoms with E-state index in [9.17, 15) is 4.79 Å². The summed E-state index contributed by atoms with van der Waals surface area (Å²) in [6, 6.07) is 17.2. The highest BCUT2D eigenvalue weighted by Gasteiger charge is 2.29. The second-order valence-corrected chi connectivity index (χ2v) is 6.19. The second kappa shape index (κ2) is 6.92. The van der Waals surface area contributed by atoms with Gasteiger partial charge in [-0.15, -0.1) is 0 Å². The quantitative estimate of drug-likeness (QED) is 0.727. The van der Waals surface area contributed by atoms with E-state index in [1.807, 2.05) is 54.7 Å². The second-order valence-electron chi connectivity index (χ2n) is 6.19. The summed E-state index contributed by atoms with van der Waals surface area (Å²) >= 11 is 0. The number of likely N-dealkylation sites (N-methyl/N-ethyl adjacent to an activating group) is 1. The third-order valence-corrected chi connectivity index (χ3v) is 4.24. The standard InChI is InChI=1S/C20H19N3O3/c1-22(12-15-11-21-23(13-15)16-7-3-2-4-8-16)20(24)19-14-25-17-9-5-6-10-18(17)26-19/h2-11,13,19H,12,14H2,1H3/t19-/m1/s1. The van der Waals surface area contributed by atoms with E-state index in [4.69, 9.17) is 9.47 Å². The number of para-hydroxylation sites is 3. The maximum absolute atomic E-state index is 12.7. The number of amides is 1. The third-order valence-electron chi connectivity index (χ3n) is 4.24. The Balaban J connectivity index is 1.42. The molecule has 2 heterocycles. The zero-order valence-electron chi connectivity index (χ0n) is 14.4. The Bertz CT molecular complexity index is 907. The molecule has 0 spiro atoms. The number of nitrogens with zero attached hydrogens (tertiary/aromatic N) is 3. The molecular formula is C20H19N3O3. The predicted molar refractivity (Wildman–Crippen MR) is 96.4 cm³/mol. The van der Waals surface area contributed by atoms with Crippen molar-refractivity contribution in [2.75, 3.05) is 13.7 Å². The highest BCUT2D eigenvalue weighted by Crippen LogP contribution is 2.31. The van der Waals surface area contributed by atoms with Gasteiger partial charge in [0.2, 0.25) is 6.10 Å². The summed E-state index contributed by atoms with van der Waals surface area (Å²) in [5.74, 6) is 1.15. The molecule has 2 aromatic carbocycles. The Morgan fingerprint density at radius 3 is 2.69 bits per heavy atom. The van der Waals surface area contributed by atoms with E-state index in [2.05, 4.69) is 5.10 Å². The minimum Gasteiger partial charge on any atom is -0.485 e. The fourth-order valence-electron chi connectivity index (χ4n) is 2.90. The largest absolute Gasteiger partial charge is 0.485 e. The molecule has 0 bridgehead atoms. The molecule has 4 rings (SSSR count). The molecular weight excluding hydrogens is 330 g/mol. The number of carbonyl (C=O) groups excluding carboxylic acids is 1. The molecule has 0 N–H and O–H groups in total. The number of ether oxygens (including phenoxy) is 2. The lowest BCUT2D eigenvalue weighted by Gasteiger charge is -2.28. The molecule has 0 saturated carbocycles. The maximum atomic E-state index is 12.7. The van der Waals surface area contributed by atoms with Crippen molar-refractivity contribution >= 4 is 5.91 Å². The van der Waals surface area contributed by atoms with E-state index in [1.54, 1.807) is 28.9 Å². The maximum Gasteiger partial charge on any atom is 0.267 e. The highest BCUT2D eigenvalue weighted by atomic mass is 16.6. The van der Waals surface area contributed by atoms with Crippen molar-refractivity contribution in [3.8, 4) is 17.2 Å². The van der Waals surface area contributed by atoms with Crippen molar-refractivity contribution in [2.24, 2.45) is 0 Å². The van der Waals surface area contributed by atoms with Crippen LogP contribution in [0.5, 0.6) is 11.5 Å². The van der Waals surface area contributed by atoms with Gasteiger partial charge in [0.25, 0.3) is 5.91 Å². The Labute approximate surface area is 151 Å². The number of aromatic nitrogens is 2. The van der Waals surface area contributed by atoms with Gasteiger partial charge in [-0.3, -0.25) is 4.79 Å². The summed E-state index contributed by atoms with van der Waals surface area (Å²) in [4.78, 5) is 14.3. The molecule has 1 aliphatic heterocycles. The summed E-state index contributed by atoms with van der Waals surface area (Å²) in [7, 11) is 1.76. The van der Waals surface area contributed by atoms with E-state index < -0.39 is 6.10 Å². The molecule has 1 aromatic heterocycles. The van der Waals surface area contributed by atoms with Crippen LogP contribution in [-0.4, -0.2) is 40.3 Å². The van der Waals surface area contributed by atoms with E-state index in [0.29, 0.717) is 18.0 Å². The molecule has 1 amide bonds. The van der Waals surface area contributed by atoms with Crippen LogP contribution in [0, 0.1) is 0 Å². The SMILES string of the molecule is CN(Cc1cnn(-c2ccccc2)c1)C(=O)[C@H]1COc2ccccc2O1. The molecule has 0 aliphatic carbocycles. The van der Waals surface area contributed by atoms with Crippen molar-refractivity contribution in [2.45, 2.75) is 12.6 Å². The zero-order chi connectivity index (χ0) is 17.9. The number of benzene rings is 2. The Morgan fingerprint density at radius 1 is 1.15 bits per heavy atom. The van der Waals surface area contributed by atoms with Crippen LogP contribution < -0.4 is 9.47 Å². The van der Waals surface area contributed by atoms with Crippen LogP contribution in [0.15, 0.2) is 67.0 Å². The van der Waals surface area contributed by atoms with Crippen LogP contribution >= 0.6 is 0 Å². The summed E-state index contributed by atoms with van der Waals surface area (Å²) in [5, 5.41) is 4.36. The van der Waals surface area contributed by atoms with Gasteiger partial charge < -0.3 is 14.4 Å². The van der Waals surface area contributed by atoms with Crippen molar-refractivity contribution in [3.63, 3.8) is 0 Å². The lowest BCUT2D eigenvalue weighted by Crippen LogP contribution is -2.44. The Morgan fingerprint density at radius 2 is 1.88 bits per heavy atom. The van der Waals surface area contributed by atoms with Gasteiger partial charge in [-0.1, -0.05) is 30.3 Å². The van der Waals surface area contributed by atoms with E-state index >= 15 is 0 Å². The number of rotatable bonds is 4. The topological polar surface area (TPSA) is 56.6 Å². The Kier molecular flexibility index (Phi) is 4.31. The summed E-state index contributed by atoms with van der Waals surface area (Å²) in [6.45, 7) is 0.663. The first kappa shape index (κ1) is 16.2. The van der Waals surface area contributed by atoms with Crippen molar-refractivity contribution in [1.29, 1.82) is 0 Å². The van der Waals surface area contributed by atoms with Crippen molar-refractivity contribution in [3.05, 3.63) is 72.6 Å². The molecule has 1 atom stereocenters. The first-order chi connectivity index (χ1) is 12.7. The molecule has 26 heavy (non-hydrogen) atoms. The minimum absolute atomic E-state index is 0.119. The Hall–Kier alpha value is -3.28. The molecule has 132 valence electrons. The molecule has 6 heteroatoms. The van der Waals surface area contributed by atoms with Gasteiger partial charge >= 0.3 is 0 Å². The third kappa shape index (κ3) is 3.26. The average molecular weight is 349 g/mol. The number of hydrogen-bond donors (Lipinski definition) is 0. The molecule has 6 nitrogen and oxygen atoms in total. The summed E-state index contributed by atoms with van der Waals surface area (Å²) in [5.41, 5.74) is 1.93. The van der Waals surface area contributed by atoms with Crippen LogP contribution in [0.4, 0.5) is 0 Å². The lowest BCUT2D eigenvalue weighted by atomic mass is 10.2. The monoisotopic (exact) mass is 349 g/mol.